The smallest absolute Gasteiger partial charge is 0.387 e. The van der Waals surface area contributed by atoms with Crippen LogP contribution in [0.4, 0.5) is 0 Å². The van der Waals surface area contributed by atoms with E-state index in [1.165, 1.54) is 16.1 Å². The Morgan fingerprint density at radius 3 is 2.29 bits per heavy atom. The molecule has 3 fully saturated rings. The van der Waals surface area contributed by atoms with Crippen LogP contribution >= 0.6 is 14.5 Å². The quantitative estimate of drug-likeness (QED) is 0.172. The number of hydrogen-bond acceptors (Lipinski definition) is 19. The van der Waals surface area contributed by atoms with Crippen molar-refractivity contribution in [2.45, 2.75) is 61.2 Å². The van der Waals surface area contributed by atoms with Gasteiger partial charge in [-0.05, 0) is 11.8 Å². The average Bonchev–Trinajstić information content (AvgIpc) is 3.72. The number of amides is 2. The molecule has 25 heteroatoms. The average molecular weight is 691 g/mol. The zero-order valence-corrected chi connectivity index (χ0v) is 24.9. The number of nitrogens with two attached hydrogens (primary N) is 1. The number of amidine groups is 2. The van der Waals surface area contributed by atoms with Gasteiger partial charge in [-0.1, -0.05) is 0 Å². The van der Waals surface area contributed by atoms with Crippen LogP contribution in [0.5, 0.6) is 0 Å². The number of phosphoric acid groups is 1. The summed E-state index contributed by atoms with van der Waals surface area (Å²) >= 11 is 5.16. The van der Waals surface area contributed by atoms with Crippen LogP contribution in [0.25, 0.3) is 0 Å². The van der Waals surface area contributed by atoms with E-state index in [1.54, 1.807) is 0 Å². The molecule has 3 saturated heterocycles. The fourth-order valence-electron chi connectivity index (χ4n) is 5.45. The molecule has 0 spiro atoms. The fraction of sp³-hybridized carbons (Fsp3) is 0.600. The van der Waals surface area contributed by atoms with Crippen molar-refractivity contribution in [1.82, 2.24) is 9.80 Å². The summed E-state index contributed by atoms with van der Waals surface area (Å²) < 4.78 is 46.5. The van der Waals surface area contributed by atoms with E-state index >= 15 is 0 Å². The van der Waals surface area contributed by atoms with Crippen LogP contribution in [0, 0.1) is 0 Å². The lowest BCUT2D eigenvalue weighted by Gasteiger charge is -2.30. The van der Waals surface area contributed by atoms with Gasteiger partial charge < -0.3 is 39.7 Å². The maximum atomic E-state index is 13.2. The summed E-state index contributed by atoms with van der Waals surface area (Å²) in [5.41, 5.74) is 5.63. The highest BCUT2D eigenvalue weighted by molar-refractivity contribution is 8.07. The van der Waals surface area contributed by atoms with Crippen molar-refractivity contribution in [2.75, 3.05) is 13.2 Å². The molecule has 0 aromatic heterocycles. The lowest BCUT2D eigenvalue weighted by Crippen LogP contribution is -2.50. The van der Waals surface area contributed by atoms with Crippen LogP contribution < -0.4 is 5.73 Å². The third-order valence-electron chi connectivity index (χ3n) is 7.48. The number of rotatable bonds is 2. The highest BCUT2D eigenvalue weighted by atomic mass is 32.5. The molecule has 0 aromatic rings. The maximum Gasteiger partial charge on any atom is 0.472 e. The van der Waals surface area contributed by atoms with Crippen molar-refractivity contribution in [3.63, 3.8) is 0 Å². The number of aliphatic hydroxyl groups excluding tert-OH is 2. The fourth-order valence-corrected chi connectivity index (χ4v) is 7.83. The summed E-state index contributed by atoms with van der Waals surface area (Å²) in [6.07, 6.45) is -8.63. The van der Waals surface area contributed by atoms with Crippen molar-refractivity contribution in [1.29, 1.82) is 0 Å². The number of carbonyl (C=O) groups excluding carboxylic acids is 2. The first-order valence-electron chi connectivity index (χ1n) is 13.0. The van der Waals surface area contributed by atoms with Crippen molar-refractivity contribution < 1.29 is 61.7 Å². The van der Waals surface area contributed by atoms with E-state index in [4.69, 9.17) is 45.1 Å². The zero-order chi connectivity index (χ0) is 31.8. The van der Waals surface area contributed by atoms with Gasteiger partial charge >= 0.3 is 14.5 Å². The lowest BCUT2D eigenvalue weighted by molar-refractivity contribution is -0.118. The van der Waals surface area contributed by atoms with Crippen LogP contribution in [0.1, 0.15) is 0 Å². The summed E-state index contributed by atoms with van der Waals surface area (Å²) in [5.74, 6) is -1.65. The Morgan fingerprint density at radius 2 is 1.53 bits per heavy atom. The molecule has 22 nitrogen and oxygen atoms in total. The molecular formula is C20H23N9O13P2S. The summed E-state index contributed by atoms with van der Waals surface area (Å²) in [7, 11) is -5.08. The summed E-state index contributed by atoms with van der Waals surface area (Å²) in [5, 5.41) is 22.2. The molecule has 7 aliphatic rings. The molecule has 0 aromatic carbocycles. The van der Waals surface area contributed by atoms with E-state index in [0.717, 1.165) is 12.7 Å². The number of fused-ring (bicyclic) bond motifs is 5. The molecule has 2 amide bonds. The van der Waals surface area contributed by atoms with E-state index < -0.39 is 101 Å². The Morgan fingerprint density at radius 1 is 0.867 bits per heavy atom. The minimum atomic E-state index is -5.08. The minimum Gasteiger partial charge on any atom is -0.387 e. The van der Waals surface area contributed by atoms with Gasteiger partial charge in [0.15, 0.2) is 30.4 Å². The number of phosphoric ester groups is 1. The predicted octanol–water partition coefficient (Wildman–Crippen LogP) is -4.06. The van der Waals surface area contributed by atoms with E-state index in [0.29, 0.717) is 0 Å². The number of hydrogen-bond donors (Lipinski definition) is 5. The van der Waals surface area contributed by atoms with Crippen molar-refractivity contribution >= 4 is 74.8 Å². The van der Waals surface area contributed by atoms with Crippen LogP contribution in [-0.4, -0.2) is 153 Å². The molecule has 6 N–H and O–H groups in total. The molecule has 242 valence electrons. The van der Waals surface area contributed by atoms with E-state index in [1.807, 2.05) is 0 Å². The number of aliphatic hydroxyl groups is 2. The largest absolute Gasteiger partial charge is 0.472 e. The second-order valence-corrected chi connectivity index (χ2v) is 14.5. The molecule has 7 heterocycles. The highest BCUT2D eigenvalue weighted by Gasteiger charge is 2.56. The Kier molecular flexibility index (Phi) is 7.68. The molecule has 7 aliphatic heterocycles. The Balaban J connectivity index is 1.15. The van der Waals surface area contributed by atoms with Crippen molar-refractivity contribution in [2.24, 2.45) is 35.7 Å². The van der Waals surface area contributed by atoms with Gasteiger partial charge in [0.05, 0.1) is 25.9 Å². The number of ether oxygens (including phenoxy) is 2. The third-order valence-corrected chi connectivity index (χ3v) is 10.0. The number of guanidine groups is 1. The number of nitrogens with zero attached hydrogens (tertiary/aromatic N) is 8. The summed E-state index contributed by atoms with van der Waals surface area (Å²) in [6.45, 7) is -5.66. The molecule has 2 bridgehead atoms. The number of carbonyl (C=O) groups is 2. The molecule has 12 atom stereocenters. The van der Waals surface area contributed by atoms with E-state index in [-0.39, 0.29) is 17.6 Å². The first-order valence-corrected chi connectivity index (χ1v) is 17.1. The predicted molar refractivity (Wildman–Crippen MR) is 151 cm³/mol. The van der Waals surface area contributed by atoms with Crippen LogP contribution in [0.2, 0.25) is 0 Å². The first-order chi connectivity index (χ1) is 21.3. The van der Waals surface area contributed by atoms with Gasteiger partial charge in [0.2, 0.25) is 5.96 Å². The SMILES string of the molecule is NC1=NC(=O)C2N=CN([C@@H]3O[C@@H]4COP(O)(=S)O[C@H]5[C@@H](O)[C@H](N6C=NC7C(=O)N=CN=C76)O[C@@H]5COP(=O)(O)O[C@@H]3[C@@H]4O)C2=N1. The van der Waals surface area contributed by atoms with Gasteiger partial charge in [0, 0.05) is 0 Å². The van der Waals surface area contributed by atoms with Crippen molar-refractivity contribution in [3.05, 3.63) is 0 Å². The summed E-state index contributed by atoms with van der Waals surface area (Å²) in [6, 6.07) is -2.24. The Labute approximate surface area is 256 Å². The topological polar surface area (TPSA) is 294 Å². The second-order valence-electron chi connectivity index (χ2n) is 10.3. The second kappa shape index (κ2) is 11.2. The number of aliphatic imine (C=N–C) groups is 6. The summed E-state index contributed by atoms with van der Waals surface area (Å²) in [4.78, 5) is 71.6. The van der Waals surface area contributed by atoms with Gasteiger partial charge in [-0.2, -0.15) is 15.0 Å². The first kappa shape index (κ1) is 30.9. The highest BCUT2D eigenvalue weighted by Crippen LogP contribution is 2.52. The standard InChI is InChI=1S/C20H23N9O13P2S/c21-20-26-15-9(17(33)27-20)25-5-29(15)19-13-10(30)6(39-19)1-38-44(36,45)42-12-7(2-37-43(34,35)41-13)40-18(11(12)31)28-4-24-8-14(28)22-3-23-16(8)32/h3-13,18-19,30-31H,1-2H2,(H,34,35)(H,36,45)(H2,21,27,33)/t6-,7-,8?,9?,10-,11-,12-,13-,18-,19-,44?/m1/s1. The third kappa shape index (κ3) is 5.52. The van der Waals surface area contributed by atoms with Crippen LogP contribution in [0.3, 0.4) is 0 Å². The molecule has 45 heavy (non-hydrogen) atoms. The van der Waals surface area contributed by atoms with Gasteiger partial charge in [0.1, 0.15) is 48.8 Å². The van der Waals surface area contributed by atoms with Crippen LogP contribution in [0.15, 0.2) is 30.0 Å². The maximum absolute atomic E-state index is 13.2. The van der Waals surface area contributed by atoms with Crippen molar-refractivity contribution in [3.8, 4) is 0 Å². The van der Waals surface area contributed by atoms with Gasteiger partial charge in [-0.25, -0.2) is 9.56 Å². The Bertz CT molecular complexity index is 1610. The monoisotopic (exact) mass is 691 g/mol. The van der Waals surface area contributed by atoms with Gasteiger partial charge in [-0.15, -0.1) is 0 Å². The lowest BCUT2D eigenvalue weighted by atomic mass is 10.1. The minimum absolute atomic E-state index is 0.0456. The molecule has 0 saturated carbocycles. The van der Waals surface area contributed by atoms with Crippen LogP contribution in [-0.2, 0) is 53.5 Å². The molecule has 0 aliphatic carbocycles. The van der Waals surface area contributed by atoms with E-state index in [9.17, 15) is 34.2 Å². The molecular weight excluding hydrogens is 668 g/mol. The normalized spacial score (nSPS) is 46.1. The van der Waals surface area contributed by atoms with Gasteiger partial charge in [-0.3, -0.25) is 42.9 Å². The molecule has 7 rings (SSSR count). The zero-order valence-electron chi connectivity index (χ0n) is 22.3. The van der Waals surface area contributed by atoms with E-state index in [2.05, 4.69) is 30.0 Å². The molecule has 4 unspecified atom stereocenters. The molecule has 0 radical (unpaired) electrons. The Hall–Kier alpha value is -2.76. The van der Waals surface area contributed by atoms with Gasteiger partial charge in [0.25, 0.3) is 11.8 Å².